The summed E-state index contributed by atoms with van der Waals surface area (Å²) >= 11 is 6.04. The Kier molecular flexibility index (Phi) is 3.79. The Bertz CT molecular complexity index is 452. The van der Waals surface area contributed by atoms with E-state index in [4.69, 9.17) is 11.6 Å². The van der Waals surface area contributed by atoms with Crippen LogP contribution in [0.5, 0.6) is 0 Å². The van der Waals surface area contributed by atoms with Gasteiger partial charge < -0.3 is 0 Å². The molecule has 0 aromatic heterocycles. The standard InChI is InChI=1S/C11H15ClO2S/c1-8-4-5-10(6-9(8)2)11(12)7-15(3,13)14/h4-6,11H,7H2,1-3H3. The normalized spacial score (nSPS) is 13.9. The molecular formula is C11H15ClO2S. The molecule has 0 saturated carbocycles. The van der Waals surface area contributed by atoms with Crippen LogP contribution >= 0.6 is 11.6 Å². The van der Waals surface area contributed by atoms with Crippen molar-refractivity contribution in [1.29, 1.82) is 0 Å². The molecule has 1 rings (SSSR count). The zero-order valence-corrected chi connectivity index (χ0v) is 10.7. The molecule has 0 aliphatic heterocycles. The van der Waals surface area contributed by atoms with Gasteiger partial charge >= 0.3 is 0 Å². The van der Waals surface area contributed by atoms with Crippen LogP contribution in [0, 0.1) is 13.8 Å². The van der Waals surface area contributed by atoms with Gasteiger partial charge in [0.25, 0.3) is 0 Å². The Labute approximate surface area is 96.2 Å². The van der Waals surface area contributed by atoms with E-state index in [2.05, 4.69) is 0 Å². The van der Waals surface area contributed by atoms with Crippen LogP contribution in [0.1, 0.15) is 22.1 Å². The molecule has 0 amide bonds. The monoisotopic (exact) mass is 246 g/mol. The van der Waals surface area contributed by atoms with Gasteiger partial charge in [0.15, 0.2) is 0 Å². The summed E-state index contributed by atoms with van der Waals surface area (Å²) < 4.78 is 22.2. The molecule has 1 unspecified atom stereocenters. The first-order chi connectivity index (χ1) is 6.79. The molecule has 1 aromatic carbocycles. The first kappa shape index (κ1) is 12.5. The number of halogens is 1. The van der Waals surface area contributed by atoms with E-state index >= 15 is 0 Å². The molecule has 0 N–H and O–H groups in total. The quantitative estimate of drug-likeness (QED) is 0.769. The second-order valence-electron chi connectivity index (χ2n) is 3.90. The lowest BCUT2D eigenvalue weighted by molar-refractivity contribution is 0.600. The van der Waals surface area contributed by atoms with Gasteiger partial charge in [-0.2, -0.15) is 0 Å². The highest BCUT2D eigenvalue weighted by Gasteiger charge is 2.14. The van der Waals surface area contributed by atoms with Crippen molar-refractivity contribution in [3.05, 3.63) is 34.9 Å². The summed E-state index contributed by atoms with van der Waals surface area (Å²) in [7, 11) is -3.03. The van der Waals surface area contributed by atoms with E-state index < -0.39 is 15.2 Å². The number of benzene rings is 1. The van der Waals surface area contributed by atoms with Gasteiger partial charge in [-0.15, -0.1) is 11.6 Å². The summed E-state index contributed by atoms with van der Waals surface area (Å²) in [4.78, 5) is 0. The third kappa shape index (κ3) is 3.84. The Hall–Kier alpha value is -0.540. The molecule has 1 atom stereocenters. The van der Waals surface area contributed by atoms with Crippen molar-refractivity contribution in [2.75, 3.05) is 12.0 Å². The summed E-state index contributed by atoms with van der Waals surface area (Å²) in [6.07, 6.45) is 1.20. The van der Waals surface area contributed by atoms with E-state index in [9.17, 15) is 8.42 Å². The molecule has 2 nitrogen and oxygen atoms in total. The fraction of sp³-hybridized carbons (Fsp3) is 0.455. The summed E-state index contributed by atoms with van der Waals surface area (Å²) in [6, 6.07) is 5.78. The van der Waals surface area contributed by atoms with E-state index in [0.717, 1.165) is 11.1 Å². The van der Waals surface area contributed by atoms with Crippen LogP contribution in [-0.4, -0.2) is 20.4 Å². The summed E-state index contributed by atoms with van der Waals surface area (Å²) in [5, 5.41) is -0.459. The highest BCUT2D eigenvalue weighted by atomic mass is 35.5. The molecule has 0 fully saturated rings. The number of sulfone groups is 1. The van der Waals surface area contributed by atoms with Gasteiger partial charge in [0, 0.05) is 6.26 Å². The molecule has 0 radical (unpaired) electrons. The minimum atomic E-state index is -3.03. The maximum atomic E-state index is 11.1. The van der Waals surface area contributed by atoms with Gasteiger partial charge in [0.2, 0.25) is 0 Å². The fourth-order valence-corrected chi connectivity index (χ4v) is 2.87. The number of rotatable bonds is 3. The minimum Gasteiger partial charge on any atom is -0.229 e. The molecule has 15 heavy (non-hydrogen) atoms. The Balaban J connectivity index is 2.92. The predicted molar refractivity (Wildman–Crippen MR) is 64.2 cm³/mol. The smallest absolute Gasteiger partial charge is 0.149 e. The fourth-order valence-electron chi connectivity index (χ4n) is 1.32. The van der Waals surface area contributed by atoms with Crippen LogP contribution in [0.3, 0.4) is 0 Å². The molecule has 0 bridgehead atoms. The highest BCUT2D eigenvalue weighted by Crippen LogP contribution is 2.24. The van der Waals surface area contributed by atoms with Crippen molar-refractivity contribution in [3.63, 3.8) is 0 Å². The molecule has 0 spiro atoms. The van der Waals surface area contributed by atoms with Gasteiger partial charge in [-0.25, -0.2) is 8.42 Å². The van der Waals surface area contributed by atoms with Crippen molar-refractivity contribution in [1.82, 2.24) is 0 Å². The van der Waals surface area contributed by atoms with Crippen LogP contribution < -0.4 is 0 Å². The van der Waals surface area contributed by atoms with Crippen LogP contribution in [0.2, 0.25) is 0 Å². The largest absolute Gasteiger partial charge is 0.229 e. The van der Waals surface area contributed by atoms with Crippen molar-refractivity contribution in [3.8, 4) is 0 Å². The minimum absolute atomic E-state index is 0.0168. The second kappa shape index (κ2) is 4.54. The molecule has 0 aliphatic carbocycles. The predicted octanol–water partition coefficient (Wildman–Crippen LogP) is 2.63. The van der Waals surface area contributed by atoms with Crippen molar-refractivity contribution >= 4 is 21.4 Å². The molecule has 1 aromatic rings. The van der Waals surface area contributed by atoms with Gasteiger partial charge in [0.1, 0.15) is 9.84 Å². The molecule has 0 saturated heterocycles. The zero-order valence-electron chi connectivity index (χ0n) is 9.12. The van der Waals surface area contributed by atoms with E-state index in [1.165, 1.54) is 11.8 Å². The van der Waals surface area contributed by atoms with Crippen LogP contribution in [0.25, 0.3) is 0 Å². The van der Waals surface area contributed by atoms with Gasteiger partial charge in [0.05, 0.1) is 11.1 Å². The SMILES string of the molecule is Cc1ccc(C(Cl)CS(C)(=O)=O)cc1C. The first-order valence-electron chi connectivity index (χ1n) is 4.68. The Morgan fingerprint density at radius 2 is 1.87 bits per heavy atom. The van der Waals surface area contributed by atoms with Crippen molar-refractivity contribution < 1.29 is 8.42 Å². The van der Waals surface area contributed by atoms with E-state index in [0.29, 0.717) is 0 Å². The van der Waals surface area contributed by atoms with E-state index in [-0.39, 0.29) is 5.75 Å². The maximum Gasteiger partial charge on any atom is 0.149 e. The topological polar surface area (TPSA) is 34.1 Å². The third-order valence-corrected chi connectivity index (χ3v) is 3.87. The Morgan fingerprint density at radius 3 is 2.33 bits per heavy atom. The van der Waals surface area contributed by atoms with Gasteiger partial charge in [-0.1, -0.05) is 18.2 Å². The number of hydrogen-bond donors (Lipinski definition) is 0. The lowest BCUT2D eigenvalue weighted by Crippen LogP contribution is -2.09. The van der Waals surface area contributed by atoms with Crippen LogP contribution in [0.15, 0.2) is 18.2 Å². The number of alkyl halides is 1. The maximum absolute atomic E-state index is 11.1. The molecular weight excluding hydrogens is 232 g/mol. The average Bonchev–Trinajstić information content (AvgIpc) is 2.06. The Morgan fingerprint density at radius 1 is 1.27 bits per heavy atom. The lowest BCUT2D eigenvalue weighted by atomic mass is 10.0. The van der Waals surface area contributed by atoms with Crippen molar-refractivity contribution in [2.24, 2.45) is 0 Å². The first-order valence-corrected chi connectivity index (χ1v) is 7.18. The van der Waals surface area contributed by atoms with Gasteiger partial charge in [-0.05, 0) is 30.5 Å². The van der Waals surface area contributed by atoms with Gasteiger partial charge in [-0.3, -0.25) is 0 Å². The summed E-state index contributed by atoms with van der Waals surface area (Å²) in [5.74, 6) is -0.0168. The van der Waals surface area contributed by atoms with Crippen LogP contribution in [-0.2, 0) is 9.84 Å². The highest BCUT2D eigenvalue weighted by molar-refractivity contribution is 7.90. The number of aryl methyl sites for hydroxylation is 2. The zero-order chi connectivity index (χ0) is 11.6. The van der Waals surface area contributed by atoms with Crippen molar-refractivity contribution in [2.45, 2.75) is 19.2 Å². The second-order valence-corrected chi connectivity index (χ2v) is 6.62. The summed E-state index contributed by atoms with van der Waals surface area (Å²) in [5.41, 5.74) is 3.18. The molecule has 4 heteroatoms. The van der Waals surface area contributed by atoms with E-state index in [1.54, 1.807) is 0 Å². The number of hydrogen-bond acceptors (Lipinski definition) is 2. The lowest BCUT2D eigenvalue weighted by Gasteiger charge is -2.10. The summed E-state index contributed by atoms with van der Waals surface area (Å²) in [6.45, 7) is 4.00. The molecule has 84 valence electrons. The van der Waals surface area contributed by atoms with E-state index in [1.807, 2.05) is 32.0 Å². The molecule has 0 aliphatic rings. The average molecular weight is 247 g/mol. The van der Waals surface area contributed by atoms with Crippen LogP contribution in [0.4, 0.5) is 0 Å². The molecule has 0 heterocycles. The third-order valence-electron chi connectivity index (χ3n) is 2.34.